The van der Waals surface area contributed by atoms with E-state index in [0.717, 1.165) is 0 Å². The number of amides is 1. The first kappa shape index (κ1) is 7.33. The number of hydrogen-bond donors (Lipinski definition) is 1. The van der Waals surface area contributed by atoms with Gasteiger partial charge < -0.3 is 5.32 Å². The number of nitrogens with one attached hydrogen (secondary N) is 1. The first-order chi connectivity index (χ1) is 5.38. The highest BCUT2D eigenvalue weighted by molar-refractivity contribution is 5.84. The highest BCUT2D eigenvalue weighted by Crippen LogP contribution is 2.02. The maximum Gasteiger partial charge on any atom is 0.212 e. The molecular formula is C6H5N3O2. The van der Waals surface area contributed by atoms with Gasteiger partial charge in [-0.1, -0.05) is 0 Å². The number of nitrogens with zero attached hydrogens (tertiary/aromatic N) is 2. The monoisotopic (exact) mass is 151 g/mol. The summed E-state index contributed by atoms with van der Waals surface area (Å²) in [6.07, 6.45) is 3.73. The van der Waals surface area contributed by atoms with Gasteiger partial charge in [-0.2, -0.15) is 0 Å². The van der Waals surface area contributed by atoms with E-state index in [1.807, 2.05) is 0 Å². The molecule has 0 aromatic carbocycles. The molecule has 0 saturated carbocycles. The largest absolute Gasteiger partial charge is 0.311 e. The summed E-state index contributed by atoms with van der Waals surface area (Å²) in [4.78, 5) is 27.6. The van der Waals surface area contributed by atoms with Crippen molar-refractivity contribution in [1.29, 1.82) is 0 Å². The third-order valence-electron chi connectivity index (χ3n) is 1.03. The third-order valence-corrected chi connectivity index (χ3v) is 1.03. The molecule has 1 aromatic heterocycles. The summed E-state index contributed by atoms with van der Waals surface area (Å²) in [5.74, 6) is 0.178. The minimum Gasteiger partial charge on any atom is -0.311 e. The average molecular weight is 151 g/mol. The summed E-state index contributed by atoms with van der Waals surface area (Å²) in [5, 5.41) is 2.24. The maximum atomic E-state index is 10.2. The fraction of sp³-hybridized carbons (Fsp3) is 0. The Morgan fingerprint density at radius 1 is 1.27 bits per heavy atom. The van der Waals surface area contributed by atoms with Gasteiger partial charge in [0, 0.05) is 12.4 Å². The molecule has 0 unspecified atom stereocenters. The second-order valence-electron chi connectivity index (χ2n) is 1.67. The van der Waals surface area contributed by atoms with Crippen molar-refractivity contribution in [3.8, 4) is 0 Å². The SMILES string of the molecule is O=CNc1nccnc1C=O. The van der Waals surface area contributed by atoms with Crippen molar-refractivity contribution in [1.82, 2.24) is 9.97 Å². The number of rotatable bonds is 3. The van der Waals surface area contributed by atoms with Crippen LogP contribution in [0.15, 0.2) is 12.4 Å². The van der Waals surface area contributed by atoms with Crippen molar-refractivity contribution in [2.45, 2.75) is 0 Å². The molecular weight excluding hydrogens is 146 g/mol. The van der Waals surface area contributed by atoms with Crippen LogP contribution in [0.5, 0.6) is 0 Å². The van der Waals surface area contributed by atoms with E-state index in [1.54, 1.807) is 0 Å². The Hall–Kier alpha value is -1.78. The third kappa shape index (κ3) is 1.57. The topological polar surface area (TPSA) is 72.0 Å². The van der Waals surface area contributed by atoms with Gasteiger partial charge >= 0.3 is 0 Å². The molecule has 0 saturated heterocycles. The van der Waals surface area contributed by atoms with E-state index in [0.29, 0.717) is 12.7 Å². The van der Waals surface area contributed by atoms with E-state index in [2.05, 4.69) is 15.3 Å². The van der Waals surface area contributed by atoms with Crippen LogP contribution in [-0.2, 0) is 4.79 Å². The number of aromatic nitrogens is 2. The summed E-state index contributed by atoms with van der Waals surface area (Å²) in [7, 11) is 0. The van der Waals surface area contributed by atoms with Crippen LogP contribution in [0.25, 0.3) is 0 Å². The quantitative estimate of drug-likeness (QED) is 0.610. The zero-order chi connectivity index (χ0) is 8.10. The van der Waals surface area contributed by atoms with Crippen molar-refractivity contribution >= 4 is 18.5 Å². The van der Waals surface area contributed by atoms with Gasteiger partial charge in [0.15, 0.2) is 12.1 Å². The Labute approximate surface area is 62.5 Å². The fourth-order valence-corrected chi connectivity index (χ4v) is 0.602. The normalized spacial score (nSPS) is 8.73. The molecule has 0 aliphatic rings. The Morgan fingerprint density at radius 3 is 2.64 bits per heavy atom. The molecule has 1 N–H and O–H groups in total. The summed E-state index contributed by atoms with van der Waals surface area (Å²) in [6, 6.07) is 0. The highest BCUT2D eigenvalue weighted by atomic mass is 16.1. The minimum absolute atomic E-state index is 0.125. The molecule has 5 heteroatoms. The van der Waals surface area contributed by atoms with Gasteiger partial charge in [0.2, 0.25) is 6.41 Å². The lowest BCUT2D eigenvalue weighted by Gasteiger charge is -1.96. The van der Waals surface area contributed by atoms with E-state index in [4.69, 9.17) is 0 Å². The minimum atomic E-state index is 0.125. The number of carbonyl (C=O) groups excluding carboxylic acids is 2. The Morgan fingerprint density at radius 2 is 2.00 bits per heavy atom. The van der Waals surface area contributed by atoms with Crippen LogP contribution in [-0.4, -0.2) is 22.7 Å². The zero-order valence-electron chi connectivity index (χ0n) is 5.52. The second-order valence-corrected chi connectivity index (χ2v) is 1.67. The predicted octanol–water partition coefficient (Wildman–Crippen LogP) is -0.143. The summed E-state index contributed by atoms with van der Waals surface area (Å²) in [6.45, 7) is 0. The number of anilines is 1. The van der Waals surface area contributed by atoms with E-state index < -0.39 is 0 Å². The average Bonchev–Trinajstić information content (AvgIpc) is 2.06. The van der Waals surface area contributed by atoms with Crippen molar-refractivity contribution in [3.05, 3.63) is 18.1 Å². The first-order valence-corrected chi connectivity index (χ1v) is 2.85. The van der Waals surface area contributed by atoms with Gasteiger partial charge in [-0.3, -0.25) is 9.59 Å². The van der Waals surface area contributed by atoms with E-state index in [1.165, 1.54) is 12.4 Å². The lowest BCUT2D eigenvalue weighted by molar-refractivity contribution is -0.105. The first-order valence-electron chi connectivity index (χ1n) is 2.85. The van der Waals surface area contributed by atoms with Crippen LogP contribution in [0.2, 0.25) is 0 Å². The van der Waals surface area contributed by atoms with Gasteiger partial charge in [0.05, 0.1) is 0 Å². The van der Waals surface area contributed by atoms with Crippen LogP contribution in [0, 0.1) is 0 Å². The smallest absolute Gasteiger partial charge is 0.212 e. The second kappa shape index (κ2) is 3.40. The van der Waals surface area contributed by atoms with Crippen LogP contribution >= 0.6 is 0 Å². The Balaban J connectivity index is 3.01. The van der Waals surface area contributed by atoms with E-state index >= 15 is 0 Å². The molecule has 0 bridgehead atoms. The van der Waals surface area contributed by atoms with Crippen LogP contribution in [0.1, 0.15) is 10.5 Å². The Kier molecular flexibility index (Phi) is 2.27. The highest BCUT2D eigenvalue weighted by Gasteiger charge is 2.00. The molecule has 0 aliphatic carbocycles. The summed E-state index contributed by atoms with van der Waals surface area (Å²) < 4.78 is 0. The van der Waals surface area contributed by atoms with Crippen LogP contribution in [0.3, 0.4) is 0 Å². The number of carbonyl (C=O) groups is 2. The van der Waals surface area contributed by atoms with Crippen molar-refractivity contribution < 1.29 is 9.59 Å². The molecule has 5 nitrogen and oxygen atoms in total. The molecule has 0 radical (unpaired) electrons. The van der Waals surface area contributed by atoms with Crippen molar-refractivity contribution in [2.75, 3.05) is 5.32 Å². The lowest BCUT2D eigenvalue weighted by atomic mass is 10.4. The predicted molar refractivity (Wildman–Crippen MR) is 37.1 cm³/mol. The van der Waals surface area contributed by atoms with Crippen LogP contribution in [0.4, 0.5) is 5.82 Å². The lowest BCUT2D eigenvalue weighted by Crippen LogP contribution is -2.02. The van der Waals surface area contributed by atoms with Crippen LogP contribution < -0.4 is 5.32 Å². The van der Waals surface area contributed by atoms with E-state index in [-0.39, 0.29) is 11.5 Å². The maximum absolute atomic E-state index is 10.2. The molecule has 11 heavy (non-hydrogen) atoms. The van der Waals surface area contributed by atoms with Gasteiger partial charge in [-0.15, -0.1) is 0 Å². The molecule has 56 valence electrons. The van der Waals surface area contributed by atoms with Crippen molar-refractivity contribution in [2.24, 2.45) is 0 Å². The molecule has 0 spiro atoms. The molecule has 1 rings (SSSR count). The molecule has 0 atom stereocenters. The van der Waals surface area contributed by atoms with Gasteiger partial charge in [0.1, 0.15) is 5.69 Å². The summed E-state index contributed by atoms with van der Waals surface area (Å²) >= 11 is 0. The van der Waals surface area contributed by atoms with Crippen molar-refractivity contribution in [3.63, 3.8) is 0 Å². The molecule has 0 fully saturated rings. The summed E-state index contributed by atoms with van der Waals surface area (Å²) in [5.41, 5.74) is 0.125. The van der Waals surface area contributed by atoms with Gasteiger partial charge in [-0.05, 0) is 0 Å². The van der Waals surface area contributed by atoms with Gasteiger partial charge in [0.25, 0.3) is 0 Å². The molecule has 1 aromatic rings. The van der Waals surface area contributed by atoms with E-state index in [9.17, 15) is 9.59 Å². The fourth-order valence-electron chi connectivity index (χ4n) is 0.602. The number of aldehydes is 1. The number of hydrogen-bond acceptors (Lipinski definition) is 4. The standard InChI is InChI=1S/C6H5N3O2/c10-3-5-6(9-4-11)8-2-1-7-5/h1-4H,(H,8,9,11). The van der Waals surface area contributed by atoms with Gasteiger partial charge in [-0.25, -0.2) is 9.97 Å². The molecule has 0 aliphatic heterocycles. The zero-order valence-corrected chi connectivity index (χ0v) is 5.52. The Bertz CT molecular complexity index is 274. The molecule has 1 heterocycles. The molecule has 1 amide bonds.